The van der Waals surface area contributed by atoms with Crippen LogP contribution in [0.1, 0.15) is 21.6 Å². The molecule has 5 heteroatoms. The van der Waals surface area contributed by atoms with Gasteiger partial charge in [0.1, 0.15) is 17.6 Å². The van der Waals surface area contributed by atoms with E-state index in [9.17, 15) is 4.79 Å². The fourth-order valence-electron chi connectivity index (χ4n) is 2.05. The first kappa shape index (κ1) is 14.5. The summed E-state index contributed by atoms with van der Waals surface area (Å²) in [6.07, 6.45) is 0.595. The molecular formula is C16H15N3O2. The van der Waals surface area contributed by atoms with E-state index < -0.39 is 5.97 Å². The Kier molecular flexibility index (Phi) is 4.52. The van der Waals surface area contributed by atoms with E-state index in [0.717, 1.165) is 5.56 Å². The Morgan fingerprint density at radius 3 is 2.76 bits per heavy atom. The molecule has 0 saturated carbocycles. The zero-order valence-corrected chi connectivity index (χ0v) is 11.7. The van der Waals surface area contributed by atoms with Crippen molar-refractivity contribution >= 4 is 11.8 Å². The van der Waals surface area contributed by atoms with Crippen molar-refractivity contribution in [3.05, 3.63) is 59.3 Å². The molecule has 0 bridgehead atoms. The lowest BCUT2D eigenvalue weighted by Gasteiger charge is -2.18. The molecule has 0 spiro atoms. The molecule has 2 rings (SSSR count). The molecule has 1 aromatic carbocycles. The third kappa shape index (κ3) is 3.57. The van der Waals surface area contributed by atoms with Crippen LogP contribution < -0.4 is 4.90 Å². The van der Waals surface area contributed by atoms with Crippen LogP contribution in [0.5, 0.6) is 0 Å². The molecular weight excluding hydrogens is 266 g/mol. The number of hydrogen-bond acceptors (Lipinski definition) is 4. The molecule has 1 heterocycles. The zero-order valence-electron chi connectivity index (χ0n) is 11.7. The summed E-state index contributed by atoms with van der Waals surface area (Å²) in [5, 5.41) is 18.0. The molecule has 1 N–H and O–H groups in total. The van der Waals surface area contributed by atoms with Crippen LogP contribution >= 0.6 is 0 Å². The Hall–Kier alpha value is -2.87. The summed E-state index contributed by atoms with van der Waals surface area (Å²) in [7, 11) is 1.87. The third-order valence-electron chi connectivity index (χ3n) is 3.20. The number of benzene rings is 1. The highest BCUT2D eigenvalue weighted by Gasteiger charge is 2.10. The zero-order chi connectivity index (χ0) is 15.2. The maximum atomic E-state index is 11.2. The topological polar surface area (TPSA) is 77.2 Å². The van der Waals surface area contributed by atoms with Gasteiger partial charge in [-0.2, -0.15) is 5.26 Å². The molecule has 106 valence electrons. The molecule has 5 nitrogen and oxygen atoms in total. The van der Waals surface area contributed by atoms with Crippen molar-refractivity contribution in [2.75, 3.05) is 18.5 Å². The number of hydrogen-bond donors (Lipinski definition) is 1. The minimum Gasteiger partial charge on any atom is -0.478 e. The fraction of sp³-hybridized carbons (Fsp3) is 0.188. The van der Waals surface area contributed by atoms with Crippen molar-refractivity contribution in [2.24, 2.45) is 0 Å². The van der Waals surface area contributed by atoms with E-state index >= 15 is 0 Å². The van der Waals surface area contributed by atoms with Crippen molar-refractivity contribution in [2.45, 2.75) is 6.42 Å². The summed E-state index contributed by atoms with van der Waals surface area (Å²) < 4.78 is 0. The van der Waals surface area contributed by atoms with E-state index in [4.69, 9.17) is 10.4 Å². The van der Waals surface area contributed by atoms with Crippen LogP contribution in [0.3, 0.4) is 0 Å². The molecule has 2 aromatic rings. The number of aromatic nitrogens is 1. The lowest BCUT2D eigenvalue weighted by molar-refractivity contribution is 0.0695. The van der Waals surface area contributed by atoms with Crippen molar-refractivity contribution < 1.29 is 9.90 Å². The molecule has 0 amide bonds. The maximum Gasteiger partial charge on any atom is 0.335 e. The van der Waals surface area contributed by atoms with Crippen molar-refractivity contribution in [1.29, 1.82) is 5.26 Å². The van der Waals surface area contributed by atoms with Crippen LogP contribution in [0.2, 0.25) is 0 Å². The van der Waals surface area contributed by atoms with Crippen molar-refractivity contribution in [3.8, 4) is 6.07 Å². The lowest BCUT2D eigenvalue weighted by atomic mass is 10.0. The minimum absolute atomic E-state index is 0.324. The van der Waals surface area contributed by atoms with Gasteiger partial charge in [0, 0.05) is 13.6 Å². The molecule has 1 aromatic heterocycles. The summed E-state index contributed by atoms with van der Waals surface area (Å²) >= 11 is 0. The van der Waals surface area contributed by atoms with Crippen LogP contribution in [0.15, 0.2) is 42.5 Å². The molecule has 0 saturated heterocycles. The summed E-state index contributed by atoms with van der Waals surface area (Å²) in [6, 6.07) is 14.2. The Bertz CT molecular complexity index is 692. The predicted molar refractivity (Wildman–Crippen MR) is 79.3 cm³/mol. The molecule has 0 radical (unpaired) electrons. The van der Waals surface area contributed by atoms with Gasteiger partial charge in [0.2, 0.25) is 0 Å². The molecule has 0 fully saturated rings. The van der Waals surface area contributed by atoms with Crippen molar-refractivity contribution in [1.82, 2.24) is 4.98 Å². The SMILES string of the molecule is CN(CCc1ccccc1C(=O)O)c1cccc(C#N)n1. The highest BCUT2D eigenvalue weighted by atomic mass is 16.4. The average Bonchev–Trinajstić information content (AvgIpc) is 2.52. The summed E-state index contributed by atoms with van der Waals surface area (Å²) in [5.41, 5.74) is 1.48. The second-order valence-electron chi connectivity index (χ2n) is 4.63. The number of carbonyl (C=O) groups is 1. The number of carboxylic acid groups (broad SMARTS) is 1. The number of rotatable bonds is 5. The molecule has 0 aliphatic carbocycles. The standard InChI is InChI=1S/C16H15N3O2/c1-19(15-8-4-6-13(11-17)18-15)10-9-12-5-2-3-7-14(12)16(20)21/h2-8H,9-10H2,1H3,(H,20,21). The quantitative estimate of drug-likeness (QED) is 0.910. The van der Waals surface area contributed by atoms with Crippen LogP contribution in [0, 0.1) is 11.3 Å². The summed E-state index contributed by atoms with van der Waals surface area (Å²) in [5.74, 6) is -0.222. The third-order valence-corrected chi connectivity index (χ3v) is 3.20. The Morgan fingerprint density at radius 2 is 2.05 bits per heavy atom. The first-order chi connectivity index (χ1) is 10.1. The number of anilines is 1. The van der Waals surface area contributed by atoms with E-state index in [2.05, 4.69) is 4.98 Å². The molecule has 0 unspecified atom stereocenters. The minimum atomic E-state index is -0.919. The Morgan fingerprint density at radius 1 is 1.29 bits per heavy atom. The van der Waals surface area contributed by atoms with Gasteiger partial charge >= 0.3 is 5.97 Å². The summed E-state index contributed by atoms with van der Waals surface area (Å²) in [4.78, 5) is 17.3. The lowest BCUT2D eigenvalue weighted by Crippen LogP contribution is -2.22. The van der Waals surface area contributed by atoms with Gasteiger partial charge in [-0.05, 0) is 30.2 Å². The Labute approximate surface area is 123 Å². The average molecular weight is 281 g/mol. The van der Waals surface area contributed by atoms with E-state index in [1.165, 1.54) is 0 Å². The van der Waals surface area contributed by atoms with Crippen LogP contribution in [-0.2, 0) is 6.42 Å². The second-order valence-corrected chi connectivity index (χ2v) is 4.63. The van der Waals surface area contributed by atoms with Crippen LogP contribution in [0.25, 0.3) is 0 Å². The largest absolute Gasteiger partial charge is 0.478 e. The Balaban J connectivity index is 2.09. The van der Waals surface area contributed by atoms with Gasteiger partial charge in [-0.3, -0.25) is 0 Å². The number of likely N-dealkylation sites (N-methyl/N-ethyl adjacent to an activating group) is 1. The van der Waals surface area contributed by atoms with Crippen LogP contribution in [0.4, 0.5) is 5.82 Å². The predicted octanol–water partition coefficient (Wildman–Crippen LogP) is 2.33. The highest BCUT2D eigenvalue weighted by Crippen LogP contribution is 2.13. The van der Waals surface area contributed by atoms with E-state index in [1.807, 2.05) is 36.2 Å². The summed E-state index contributed by atoms with van der Waals surface area (Å²) in [6.45, 7) is 0.617. The van der Waals surface area contributed by atoms with Gasteiger partial charge in [-0.25, -0.2) is 9.78 Å². The monoisotopic (exact) mass is 281 g/mol. The first-order valence-electron chi connectivity index (χ1n) is 6.51. The van der Waals surface area contributed by atoms with E-state index in [-0.39, 0.29) is 0 Å². The number of pyridine rings is 1. The number of aromatic carboxylic acids is 1. The van der Waals surface area contributed by atoms with Gasteiger partial charge < -0.3 is 10.0 Å². The molecule has 0 aliphatic rings. The first-order valence-corrected chi connectivity index (χ1v) is 6.51. The maximum absolute atomic E-state index is 11.2. The van der Waals surface area contributed by atoms with Gasteiger partial charge in [0.05, 0.1) is 5.56 Å². The second kappa shape index (κ2) is 6.53. The van der Waals surface area contributed by atoms with Gasteiger partial charge in [-0.15, -0.1) is 0 Å². The van der Waals surface area contributed by atoms with Crippen LogP contribution in [-0.4, -0.2) is 29.7 Å². The number of carboxylic acids is 1. The smallest absolute Gasteiger partial charge is 0.335 e. The highest BCUT2D eigenvalue weighted by molar-refractivity contribution is 5.89. The molecule has 0 atom stereocenters. The number of nitriles is 1. The fourth-order valence-corrected chi connectivity index (χ4v) is 2.05. The normalized spacial score (nSPS) is 9.90. The van der Waals surface area contributed by atoms with Gasteiger partial charge in [0.15, 0.2) is 0 Å². The van der Waals surface area contributed by atoms with E-state index in [1.54, 1.807) is 24.3 Å². The molecule has 21 heavy (non-hydrogen) atoms. The van der Waals surface area contributed by atoms with Gasteiger partial charge in [0.25, 0.3) is 0 Å². The van der Waals surface area contributed by atoms with E-state index in [0.29, 0.717) is 30.0 Å². The molecule has 0 aliphatic heterocycles. The van der Waals surface area contributed by atoms with Crippen molar-refractivity contribution in [3.63, 3.8) is 0 Å². The van der Waals surface area contributed by atoms with Gasteiger partial charge in [-0.1, -0.05) is 24.3 Å². The number of nitrogens with zero attached hydrogens (tertiary/aromatic N) is 3.